The van der Waals surface area contributed by atoms with E-state index in [-0.39, 0.29) is 62.6 Å². The first-order chi connectivity index (χ1) is 2.00. The number of hydrogen-bond donors (Lipinski definition) is 2. The molecule has 0 aromatic carbocycles. The molecule has 0 saturated carbocycles. The minimum absolute atomic E-state index is 0. The average molecular weight is 209 g/mol. The molecule has 6 heteroatoms. The van der Waals surface area contributed by atoms with Gasteiger partial charge >= 0.3 is 45.5 Å². The van der Waals surface area contributed by atoms with E-state index in [1.165, 1.54) is 0 Å². The number of hydrogen-bond acceptors (Lipinski definition) is 4. The van der Waals surface area contributed by atoms with Crippen LogP contribution in [-0.2, 0) is 17.1 Å². The molecular weight excluding hydrogens is 207 g/mol. The van der Waals surface area contributed by atoms with E-state index in [9.17, 15) is 0 Å². The molecule has 0 amide bonds. The zero-order valence-electron chi connectivity index (χ0n) is 2.77. The summed E-state index contributed by atoms with van der Waals surface area (Å²) >= 11 is 0. The van der Waals surface area contributed by atoms with Crippen LogP contribution in [0.3, 0.4) is 0 Å². The normalized spacial score (nSPS) is 2.00. The maximum atomic E-state index is 7.00. The predicted octanol–water partition coefficient (Wildman–Crippen LogP) is -2.74. The van der Waals surface area contributed by atoms with E-state index in [1.54, 1.807) is 0 Å². The molecule has 0 radical (unpaired) electrons. The van der Waals surface area contributed by atoms with Crippen molar-refractivity contribution < 1.29 is 38.1 Å². The molecule has 0 rings (SSSR count). The molecule has 0 bridgehead atoms. The molecule has 0 spiro atoms. The monoisotopic (exact) mass is 210 g/mol. The van der Waals surface area contributed by atoms with Gasteiger partial charge in [-0.1, -0.05) is 0 Å². The first-order valence-corrected chi connectivity index (χ1v) is 0.367. The maximum absolute atomic E-state index is 7.00. The van der Waals surface area contributed by atoms with Crippen LogP contribution in [-0.4, -0.2) is 56.0 Å². The Hall–Kier alpha value is 1.84. The molecule has 0 aliphatic carbocycles. The summed E-state index contributed by atoms with van der Waals surface area (Å²) < 4.78 is 0. The van der Waals surface area contributed by atoms with Crippen molar-refractivity contribution in [3.8, 4) is 0 Å². The molecule has 0 aliphatic rings. The van der Waals surface area contributed by atoms with E-state index in [0.29, 0.717) is 0 Å². The van der Waals surface area contributed by atoms with Crippen LogP contribution in [0.25, 0.3) is 0 Å². The molecule has 0 aromatic rings. The molecule has 4 nitrogen and oxygen atoms in total. The van der Waals surface area contributed by atoms with E-state index >= 15 is 0 Å². The predicted molar refractivity (Wildman–Crippen MR) is 11.0 cm³/mol. The van der Waals surface area contributed by atoms with Crippen molar-refractivity contribution in [3.05, 3.63) is 0 Å². The van der Waals surface area contributed by atoms with Crippen molar-refractivity contribution in [2.75, 3.05) is 0 Å². The standard InChI is InChI=1S/Fe.H2O2.O2.Sr/c;2*1-2;/h;1-2H;;/q;;-2;+2. The van der Waals surface area contributed by atoms with Crippen LogP contribution in [0.1, 0.15) is 0 Å². The van der Waals surface area contributed by atoms with Crippen LogP contribution in [0.5, 0.6) is 0 Å². The Kier molecular flexibility index (Phi) is 286. The van der Waals surface area contributed by atoms with Gasteiger partial charge in [-0.05, 0) is 0 Å². The summed E-state index contributed by atoms with van der Waals surface area (Å²) in [5.41, 5.74) is 0. The smallest absolute Gasteiger partial charge is 1.00 e. The van der Waals surface area contributed by atoms with Crippen molar-refractivity contribution in [2.45, 2.75) is 0 Å². The topological polar surface area (TPSA) is 86.6 Å². The van der Waals surface area contributed by atoms with Crippen LogP contribution in [0.15, 0.2) is 0 Å². The van der Waals surface area contributed by atoms with Crippen LogP contribution in [0.2, 0.25) is 0 Å². The molecule has 0 aliphatic heterocycles. The van der Waals surface area contributed by atoms with E-state index in [4.69, 9.17) is 21.0 Å². The molecule has 0 fully saturated rings. The SMILES string of the molecule is OO.[Fe].[O-][O-].[Sr+2]. The second kappa shape index (κ2) is 68.9. The average Bonchev–Trinajstić information content (AvgIpc) is 1.50. The van der Waals surface area contributed by atoms with Gasteiger partial charge in [-0.2, -0.15) is 0 Å². The van der Waals surface area contributed by atoms with Crippen LogP contribution in [0, 0.1) is 0 Å². The molecule has 0 atom stereocenters. The van der Waals surface area contributed by atoms with Crippen molar-refractivity contribution >= 4 is 45.5 Å². The molecule has 0 heterocycles. The summed E-state index contributed by atoms with van der Waals surface area (Å²) in [7, 11) is 0. The Labute approximate surface area is 82.4 Å². The van der Waals surface area contributed by atoms with Gasteiger partial charge in [-0.3, -0.25) is 10.5 Å². The molecule has 0 saturated heterocycles. The van der Waals surface area contributed by atoms with Crippen molar-refractivity contribution in [1.29, 1.82) is 0 Å². The Morgan fingerprint density at radius 2 is 1.00 bits per heavy atom. The third-order valence-electron chi connectivity index (χ3n) is 0. The fourth-order valence-corrected chi connectivity index (χ4v) is 0. The maximum Gasteiger partial charge on any atom is 2.00 e. The minimum atomic E-state index is 0. The summed E-state index contributed by atoms with van der Waals surface area (Å²) in [6.07, 6.45) is 0. The van der Waals surface area contributed by atoms with Gasteiger partial charge in [0.1, 0.15) is 0 Å². The van der Waals surface area contributed by atoms with E-state index in [0.717, 1.165) is 0 Å². The van der Waals surface area contributed by atoms with E-state index in [2.05, 4.69) is 0 Å². The fraction of sp³-hybridized carbons (Fsp3) is 0. The van der Waals surface area contributed by atoms with E-state index < -0.39 is 0 Å². The third kappa shape index (κ3) is 40.4. The summed E-state index contributed by atoms with van der Waals surface area (Å²) in [6, 6.07) is 0. The van der Waals surface area contributed by atoms with Gasteiger partial charge in [0, 0.05) is 17.1 Å². The third-order valence-corrected chi connectivity index (χ3v) is 0. The van der Waals surface area contributed by atoms with E-state index in [1.807, 2.05) is 0 Å². The number of rotatable bonds is 0. The summed E-state index contributed by atoms with van der Waals surface area (Å²) in [5, 5.41) is 26.0. The Balaban J connectivity index is -0.00000000500. The van der Waals surface area contributed by atoms with Gasteiger partial charge in [0.2, 0.25) is 0 Å². The zero-order valence-corrected chi connectivity index (χ0v) is 7.35. The largest absolute Gasteiger partial charge is 2.00 e. The van der Waals surface area contributed by atoms with Gasteiger partial charge in [0.25, 0.3) is 0 Å². The molecule has 36 valence electrons. The van der Waals surface area contributed by atoms with Crippen LogP contribution in [0.4, 0.5) is 0 Å². The van der Waals surface area contributed by atoms with Crippen molar-refractivity contribution in [3.63, 3.8) is 0 Å². The van der Waals surface area contributed by atoms with Crippen LogP contribution < -0.4 is 10.5 Å². The minimum Gasteiger partial charge on any atom is -1.00 e. The molecular formula is H2FeO4Sr. The van der Waals surface area contributed by atoms with Crippen LogP contribution >= 0.6 is 0 Å². The molecule has 6 heavy (non-hydrogen) atoms. The van der Waals surface area contributed by atoms with Gasteiger partial charge in [0.15, 0.2) is 0 Å². The van der Waals surface area contributed by atoms with Gasteiger partial charge in [0.05, 0.1) is 0 Å². The zero-order chi connectivity index (χ0) is 4.00. The summed E-state index contributed by atoms with van der Waals surface area (Å²) in [6.45, 7) is 0. The summed E-state index contributed by atoms with van der Waals surface area (Å²) in [4.78, 5) is 0. The summed E-state index contributed by atoms with van der Waals surface area (Å²) in [5.74, 6) is 0. The van der Waals surface area contributed by atoms with Crippen molar-refractivity contribution in [2.24, 2.45) is 0 Å². The first-order valence-electron chi connectivity index (χ1n) is 0.367. The molecule has 0 aromatic heterocycles. The van der Waals surface area contributed by atoms with Gasteiger partial charge < -0.3 is 10.5 Å². The van der Waals surface area contributed by atoms with Gasteiger partial charge in [-0.25, -0.2) is 0 Å². The fourth-order valence-electron chi connectivity index (χ4n) is 0. The molecule has 2 N–H and O–H groups in total. The van der Waals surface area contributed by atoms with Gasteiger partial charge in [-0.15, -0.1) is 0 Å². The Bertz CT molecular complexity index is 7.51. The molecule has 0 unspecified atom stereocenters. The Morgan fingerprint density at radius 1 is 1.00 bits per heavy atom. The second-order valence-corrected chi connectivity index (χ2v) is 0. The quantitative estimate of drug-likeness (QED) is 0.257. The first kappa shape index (κ1) is 24.9. The van der Waals surface area contributed by atoms with Crippen molar-refractivity contribution in [1.82, 2.24) is 0 Å². The second-order valence-electron chi connectivity index (χ2n) is 0. The Morgan fingerprint density at radius 3 is 1.00 bits per heavy atom.